The number of nitrogens with two attached hydrogens (primary N) is 1. The van der Waals surface area contributed by atoms with E-state index in [-0.39, 0.29) is 22.9 Å². The number of benzene rings is 1. The zero-order valence-electron chi connectivity index (χ0n) is 16.2. The van der Waals surface area contributed by atoms with Gasteiger partial charge in [-0.3, -0.25) is 0 Å². The van der Waals surface area contributed by atoms with Crippen LogP contribution in [-0.4, -0.2) is 49.8 Å². The van der Waals surface area contributed by atoms with E-state index in [0.29, 0.717) is 24.5 Å². The van der Waals surface area contributed by atoms with E-state index < -0.39 is 0 Å². The fourth-order valence-electron chi connectivity index (χ4n) is 5.53. The van der Waals surface area contributed by atoms with E-state index in [0.717, 1.165) is 38.9 Å². The number of anilines is 1. The largest absolute Gasteiger partial charge is 0.461 e. The van der Waals surface area contributed by atoms with Crippen molar-refractivity contribution in [3.8, 4) is 0 Å². The van der Waals surface area contributed by atoms with Gasteiger partial charge in [-0.1, -0.05) is 37.6 Å². The van der Waals surface area contributed by atoms with Gasteiger partial charge in [-0.2, -0.15) is 0 Å². The van der Waals surface area contributed by atoms with E-state index >= 15 is 0 Å². The number of nitrogen functional groups attached to an aromatic ring is 1. The van der Waals surface area contributed by atoms with Crippen molar-refractivity contribution in [2.45, 2.75) is 38.7 Å². The van der Waals surface area contributed by atoms with Crippen molar-refractivity contribution < 1.29 is 14.3 Å². The minimum atomic E-state index is -0.334. The van der Waals surface area contributed by atoms with Crippen LogP contribution in [0.4, 0.5) is 5.69 Å². The van der Waals surface area contributed by atoms with Crippen LogP contribution in [0.1, 0.15) is 43.0 Å². The molecule has 0 spiro atoms. The molecule has 2 fully saturated rings. The van der Waals surface area contributed by atoms with Crippen LogP contribution >= 0.6 is 0 Å². The average Bonchev–Trinajstić information content (AvgIpc) is 2.89. The molecule has 0 amide bonds. The Morgan fingerprint density at radius 2 is 2.15 bits per heavy atom. The fraction of sp³-hybridized carbons (Fsp3) is 0.591. The second-order valence-electron chi connectivity index (χ2n) is 8.43. The lowest BCUT2D eigenvalue weighted by Crippen LogP contribution is -2.66. The van der Waals surface area contributed by atoms with Gasteiger partial charge >= 0.3 is 5.97 Å². The highest BCUT2D eigenvalue weighted by molar-refractivity contribution is 5.94. The topological polar surface area (TPSA) is 64.8 Å². The van der Waals surface area contributed by atoms with Crippen LogP contribution in [-0.2, 0) is 9.47 Å². The SMILES string of the molecule is CCN1C[C@@]23CC=CCO[C@H]2[C@@](COC(=O)c2ccccc2N)(CCC3)C1. The number of hydrogen-bond acceptors (Lipinski definition) is 5. The van der Waals surface area contributed by atoms with Crippen molar-refractivity contribution in [1.82, 2.24) is 4.90 Å². The molecule has 2 bridgehead atoms. The first-order valence-electron chi connectivity index (χ1n) is 10.1. The highest BCUT2D eigenvalue weighted by Crippen LogP contribution is 2.55. The number of para-hydroxylation sites is 1. The smallest absolute Gasteiger partial charge is 0.340 e. The monoisotopic (exact) mass is 370 g/mol. The van der Waals surface area contributed by atoms with E-state index in [1.54, 1.807) is 12.1 Å². The number of likely N-dealkylation sites (tertiary alicyclic amines) is 1. The highest BCUT2D eigenvalue weighted by Gasteiger charge is 2.59. The second-order valence-corrected chi connectivity index (χ2v) is 8.43. The molecule has 0 aromatic heterocycles. The van der Waals surface area contributed by atoms with Crippen LogP contribution in [0.5, 0.6) is 0 Å². The summed E-state index contributed by atoms with van der Waals surface area (Å²) in [6.45, 7) is 6.26. The average molecular weight is 370 g/mol. The van der Waals surface area contributed by atoms with E-state index in [4.69, 9.17) is 15.2 Å². The lowest BCUT2D eigenvalue weighted by Gasteiger charge is -2.60. The maximum absolute atomic E-state index is 12.7. The number of carbonyl (C=O) groups is 1. The first-order valence-corrected chi connectivity index (χ1v) is 10.1. The molecule has 1 saturated heterocycles. The molecule has 5 nitrogen and oxygen atoms in total. The van der Waals surface area contributed by atoms with E-state index in [9.17, 15) is 4.79 Å². The third-order valence-electron chi connectivity index (χ3n) is 6.71. The number of ether oxygens (including phenoxy) is 2. The predicted molar refractivity (Wildman–Crippen MR) is 105 cm³/mol. The predicted octanol–water partition coefficient (Wildman–Crippen LogP) is 3.26. The van der Waals surface area contributed by atoms with Crippen molar-refractivity contribution in [2.75, 3.05) is 38.6 Å². The Morgan fingerprint density at radius 1 is 1.30 bits per heavy atom. The Bertz CT molecular complexity index is 734. The molecule has 27 heavy (non-hydrogen) atoms. The molecule has 0 radical (unpaired) electrons. The number of esters is 1. The fourth-order valence-corrected chi connectivity index (χ4v) is 5.53. The van der Waals surface area contributed by atoms with E-state index in [1.165, 1.54) is 6.42 Å². The number of carbonyl (C=O) groups excluding carboxylic acids is 1. The highest BCUT2D eigenvalue weighted by atomic mass is 16.5. The molecule has 4 rings (SSSR count). The quantitative estimate of drug-likeness (QED) is 0.501. The third kappa shape index (κ3) is 3.27. The standard InChI is InChI=1S/C22H30N2O3/c1-2-24-14-21-10-5-6-13-26-20(21)22(15-24,12-7-11-21)16-27-19(25)17-8-3-4-9-18(17)23/h3-6,8-9,20H,2,7,10-16,23H2,1H3/t20-,21+,22+/m1/s1. The van der Waals surface area contributed by atoms with Crippen LogP contribution < -0.4 is 5.73 Å². The molecule has 1 aliphatic carbocycles. The van der Waals surface area contributed by atoms with Crippen molar-refractivity contribution >= 4 is 11.7 Å². The molecule has 3 aliphatic rings. The van der Waals surface area contributed by atoms with E-state index in [2.05, 4.69) is 24.0 Å². The first-order chi connectivity index (χ1) is 13.1. The molecule has 5 heteroatoms. The van der Waals surface area contributed by atoms with Gasteiger partial charge in [0.1, 0.15) is 6.61 Å². The molecule has 1 aromatic rings. The summed E-state index contributed by atoms with van der Waals surface area (Å²) in [5.41, 5.74) is 6.86. The maximum atomic E-state index is 12.7. The van der Waals surface area contributed by atoms with Gasteiger partial charge in [-0.15, -0.1) is 0 Å². The van der Waals surface area contributed by atoms with Gasteiger partial charge in [0, 0.05) is 29.6 Å². The molecule has 1 saturated carbocycles. The van der Waals surface area contributed by atoms with Gasteiger partial charge in [-0.05, 0) is 37.9 Å². The molecular formula is C22H30N2O3. The molecule has 3 atom stereocenters. The van der Waals surface area contributed by atoms with Crippen molar-refractivity contribution in [2.24, 2.45) is 10.8 Å². The number of rotatable bonds is 4. The Balaban J connectivity index is 1.59. The first kappa shape index (κ1) is 18.5. The number of allylic oxidation sites excluding steroid dienone is 1. The summed E-state index contributed by atoms with van der Waals surface area (Å²) in [6, 6.07) is 7.11. The Hall–Kier alpha value is -1.85. The lowest BCUT2D eigenvalue weighted by molar-refractivity contribution is -0.197. The van der Waals surface area contributed by atoms with Gasteiger partial charge < -0.3 is 20.1 Å². The summed E-state index contributed by atoms with van der Waals surface area (Å²) in [5.74, 6) is -0.334. The third-order valence-corrected chi connectivity index (χ3v) is 6.71. The summed E-state index contributed by atoms with van der Waals surface area (Å²) < 4.78 is 12.3. The maximum Gasteiger partial charge on any atom is 0.340 e. The Labute approximate surface area is 161 Å². The minimum Gasteiger partial charge on any atom is -0.461 e. The number of piperidine rings is 1. The number of nitrogens with zero attached hydrogens (tertiary/aromatic N) is 1. The lowest BCUT2D eigenvalue weighted by atomic mass is 9.56. The summed E-state index contributed by atoms with van der Waals surface area (Å²) in [4.78, 5) is 15.2. The van der Waals surface area contributed by atoms with Crippen molar-refractivity contribution in [3.63, 3.8) is 0 Å². The summed E-state index contributed by atoms with van der Waals surface area (Å²) in [5, 5.41) is 0. The summed E-state index contributed by atoms with van der Waals surface area (Å²) in [6.07, 6.45) is 8.99. The van der Waals surface area contributed by atoms with Crippen LogP contribution in [0, 0.1) is 10.8 Å². The van der Waals surface area contributed by atoms with Gasteiger partial charge in [0.15, 0.2) is 0 Å². The normalized spacial score (nSPS) is 33.1. The molecule has 1 aromatic carbocycles. The molecule has 2 aliphatic heterocycles. The van der Waals surface area contributed by atoms with Crippen LogP contribution in [0.15, 0.2) is 36.4 Å². The summed E-state index contributed by atoms with van der Waals surface area (Å²) in [7, 11) is 0. The van der Waals surface area contributed by atoms with Gasteiger partial charge in [0.2, 0.25) is 0 Å². The zero-order valence-corrected chi connectivity index (χ0v) is 16.2. The van der Waals surface area contributed by atoms with Crippen LogP contribution in [0.25, 0.3) is 0 Å². The summed E-state index contributed by atoms with van der Waals surface area (Å²) >= 11 is 0. The van der Waals surface area contributed by atoms with Crippen LogP contribution in [0.2, 0.25) is 0 Å². The molecule has 0 unspecified atom stereocenters. The Kier molecular flexibility index (Phi) is 4.99. The van der Waals surface area contributed by atoms with Crippen LogP contribution in [0.3, 0.4) is 0 Å². The molecule has 2 N–H and O–H groups in total. The van der Waals surface area contributed by atoms with E-state index in [1.807, 2.05) is 12.1 Å². The van der Waals surface area contributed by atoms with Crippen molar-refractivity contribution in [3.05, 3.63) is 42.0 Å². The van der Waals surface area contributed by atoms with Gasteiger partial charge in [0.05, 0.1) is 18.3 Å². The van der Waals surface area contributed by atoms with Crippen molar-refractivity contribution in [1.29, 1.82) is 0 Å². The molecule has 146 valence electrons. The van der Waals surface area contributed by atoms with Gasteiger partial charge in [-0.25, -0.2) is 4.79 Å². The Morgan fingerprint density at radius 3 is 2.96 bits per heavy atom. The second kappa shape index (κ2) is 7.28. The minimum absolute atomic E-state index is 0.137. The number of hydrogen-bond donors (Lipinski definition) is 1. The molecular weight excluding hydrogens is 340 g/mol. The molecule has 2 heterocycles. The zero-order chi connectivity index (χ0) is 18.9. The van der Waals surface area contributed by atoms with Gasteiger partial charge in [0.25, 0.3) is 0 Å².